The van der Waals surface area contributed by atoms with E-state index in [1.807, 2.05) is 25.1 Å². The molecule has 0 unspecified atom stereocenters. The molecule has 0 aliphatic rings. The van der Waals surface area contributed by atoms with E-state index in [1.165, 1.54) is 5.56 Å². The van der Waals surface area contributed by atoms with Crippen molar-refractivity contribution in [2.75, 3.05) is 7.11 Å². The predicted molar refractivity (Wildman–Crippen MR) is 71.7 cm³/mol. The molecule has 0 aliphatic carbocycles. The van der Waals surface area contributed by atoms with Gasteiger partial charge in [0.15, 0.2) is 0 Å². The summed E-state index contributed by atoms with van der Waals surface area (Å²) in [4.78, 5) is 0. The Morgan fingerprint density at radius 3 is 2.56 bits per heavy atom. The van der Waals surface area contributed by atoms with Crippen molar-refractivity contribution in [3.05, 3.63) is 53.0 Å². The lowest BCUT2D eigenvalue weighted by atomic mass is 10.1. The standard InChI is InChI=1S/C15H19NO2/c1-11-8-13(5-7-15(11)17-3)9-16-10-14-6-4-12(2)18-14/h4-8,16H,9-10H2,1-3H3. The summed E-state index contributed by atoms with van der Waals surface area (Å²) in [5, 5.41) is 3.36. The third kappa shape index (κ3) is 3.14. The van der Waals surface area contributed by atoms with Crippen LogP contribution in [0.1, 0.15) is 22.6 Å². The third-order valence-corrected chi connectivity index (χ3v) is 2.88. The van der Waals surface area contributed by atoms with Gasteiger partial charge in [0, 0.05) is 6.54 Å². The van der Waals surface area contributed by atoms with Gasteiger partial charge in [0.1, 0.15) is 17.3 Å². The molecule has 2 aromatic rings. The molecule has 96 valence electrons. The van der Waals surface area contributed by atoms with E-state index in [4.69, 9.17) is 9.15 Å². The van der Waals surface area contributed by atoms with E-state index in [-0.39, 0.29) is 0 Å². The highest BCUT2D eigenvalue weighted by molar-refractivity contribution is 5.36. The highest BCUT2D eigenvalue weighted by Gasteiger charge is 2.01. The number of furan rings is 1. The molecule has 0 bridgehead atoms. The lowest BCUT2D eigenvalue weighted by molar-refractivity contribution is 0.411. The molecule has 0 amide bonds. The van der Waals surface area contributed by atoms with E-state index in [1.54, 1.807) is 7.11 Å². The van der Waals surface area contributed by atoms with Crippen LogP contribution in [0.3, 0.4) is 0 Å². The summed E-state index contributed by atoms with van der Waals surface area (Å²) >= 11 is 0. The first kappa shape index (κ1) is 12.7. The Morgan fingerprint density at radius 2 is 1.94 bits per heavy atom. The molecule has 2 rings (SSSR count). The van der Waals surface area contributed by atoms with Gasteiger partial charge in [-0.15, -0.1) is 0 Å². The molecule has 1 aromatic carbocycles. The highest BCUT2D eigenvalue weighted by atomic mass is 16.5. The average Bonchev–Trinajstić information content (AvgIpc) is 2.75. The number of hydrogen-bond donors (Lipinski definition) is 1. The van der Waals surface area contributed by atoms with Crippen molar-refractivity contribution < 1.29 is 9.15 Å². The molecule has 0 saturated heterocycles. The molecule has 18 heavy (non-hydrogen) atoms. The van der Waals surface area contributed by atoms with E-state index in [2.05, 4.69) is 24.4 Å². The van der Waals surface area contributed by atoms with Crippen molar-refractivity contribution in [3.8, 4) is 5.75 Å². The molecule has 0 fully saturated rings. The maximum absolute atomic E-state index is 5.50. The molecule has 1 aromatic heterocycles. The SMILES string of the molecule is COc1ccc(CNCc2ccc(C)o2)cc1C. The number of methoxy groups -OCH3 is 1. The number of hydrogen-bond acceptors (Lipinski definition) is 3. The first-order valence-electron chi connectivity index (χ1n) is 6.08. The molecule has 0 atom stereocenters. The van der Waals surface area contributed by atoms with Gasteiger partial charge in [0.05, 0.1) is 13.7 Å². The van der Waals surface area contributed by atoms with Crippen LogP contribution in [-0.4, -0.2) is 7.11 Å². The van der Waals surface area contributed by atoms with Crippen molar-refractivity contribution in [2.24, 2.45) is 0 Å². The summed E-state index contributed by atoms with van der Waals surface area (Å²) in [7, 11) is 1.69. The summed E-state index contributed by atoms with van der Waals surface area (Å²) in [5.41, 5.74) is 2.40. The zero-order valence-electron chi connectivity index (χ0n) is 11.1. The fourth-order valence-corrected chi connectivity index (χ4v) is 1.96. The van der Waals surface area contributed by atoms with E-state index < -0.39 is 0 Å². The van der Waals surface area contributed by atoms with Gasteiger partial charge in [0.25, 0.3) is 0 Å². The fourth-order valence-electron chi connectivity index (χ4n) is 1.96. The second kappa shape index (κ2) is 5.74. The van der Waals surface area contributed by atoms with E-state index in [0.717, 1.165) is 35.9 Å². The van der Waals surface area contributed by atoms with Gasteiger partial charge in [0.2, 0.25) is 0 Å². The normalized spacial score (nSPS) is 10.6. The summed E-state index contributed by atoms with van der Waals surface area (Å²) in [6.45, 7) is 5.58. The van der Waals surface area contributed by atoms with Crippen LogP contribution >= 0.6 is 0 Å². The molecule has 3 nitrogen and oxygen atoms in total. The number of rotatable bonds is 5. The Balaban J connectivity index is 1.88. The lowest BCUT2D eigenvalue weighted by Gasteiger charge is -2.08. The molecule has 0 aliphatic heterocycles. The third-order valence-electron chi connectivity index (χ3n) is 2.88. The van der Waals surface area contributed by atoms with Gasteiger partial charge >= 0.3 is 0 Å². The fraction of sp³-hybridized carbons (Fsp3) is 0.333. The van der Waals surface area contributed by atoms with Crippen molar-refractivity contribution in [1.29, 1.82) is 0 Å². The van der Waals surface area contributed by atoms with Crippen LogP contribution in [0, 0.1) is 13.8 Å². The molecular formula is C15H19NO2. The van der Waals surface area contributed by atoms with Crippen LogP contribution in [0.15, 0.2) is 34.7 Å². The summed E-state index contributed by atoms with van der Waals surface area (Å²) in [6.07, 6.45) is 0. The second-order valence-electron chi connectivity index (χ2n) is 4.42. The number of ether oxygens (including phenoxy) is 1. The van der Waals surface area contributed by atoms with Crippen LogP contribution in [0.25, 0.3) is 0 Å². The van der Waals surface area contributed by atoms with Crippen molar-refractivity contribution in [1.82, 2.24) is 5.32 Å². The Bertz CT molecular complexity index is 517. The van der Waals surface area contributed by atoms with Gasteiger partial charge < -0.3 is 14.5 Å². The van der Waals surface area contributed by atoms with E-state index in [9.17, 15) is 0 Å². The largest absolute Gasteiger partial charge is 0.496 e. The topological polar surface area (TPSA) is 34.4 Å². The van der Waals surface area contributed by atoms with Crippen molar-refractivity contribution in [3.63, 3.8) is 0 Å². The molecule has 0 spiro atoms. The molecular weight excluding hydrogens is 226 g/mol. The Hall–Kier alpha value is -1.74. The van der Waals surface area contributed by atoms with Crippen LogP contribution in [-0.2, 0) is 13.1 Å². The molecule has 3 heteroatoms. The van der Waals surface area contributed by atoms with Gasteiger partial charge in [-0.3, -0.25) is 0 Å². The minimum Gasteiger partial charge on any atom is -0.496 e. The zero-order valence-corrected chi connectivity index (χ0v) is 11.1. The molecule has 0 saturated carbocycles. The number of aryl methyl sites for hydroxylation is 2. The summed E-state index contributed by atoms with van der Waals surface area (Å²) < 4.78 is 10.7. The Kier molecular flexibility index (Phi) is 4.05. The molecule has 1 heterocycles. The summed E-state index contributed by atoms with van der Waals surface area (Å²) in [5.74, 6) is 2.85. The maximum Gasteiger partial charge on any atom is 0.121 e. The number of nitrogens with one attached hydrogen (secondary N) is 1. The smallest absolute Gasteiger partial charge is 0.121 e. The first-order chi connectivity index (χ1) is 8.69. The van der Waals surface area contributed by atoms with Gasteiger partial charge in [-0.05, 0) is 43.2 Å². The van der Waals surface area contributed by atoms with E-state index >= 15 is 0 Å². The van der Waals surface area contributed by atoms with Crippen LogP contribution < -0.4 is 10.1 Å². The zero-order chi connectivity index (χ0) is 13.0. The quantitative estimate of drug-likeness (QED) is 0.878. The second-order valence-corrected chi connectivity index (χ2v) is 4.42. The predicted octanol–water partition coefficient (Wildman–Crippen LogP) is 3.19. The summed E-state index contributed by atoms with van der Waals surface area (Å²) in [6, 6.07) is 10.2. The average molecular weight is 245 g/mol. The van der Waals surface area contributed by atoms with Gasteiger partial charge in [-0.1, -0.05) is 12.1 Å². The van der Waals surface area contributed by atoms with Gasteiger partial charge in [-0.2, -0.15) is 0 Å². The Morgan fingerprint density at radius 1 is 1.11 bits per heavy atom. The monoisotopic (exact) mass is 245 g/mol. The Labute approximate surface area is 108 Å². The highest BCUT2D eigenvalue weighted by Crippen LogP contribution is 2.18. The van der Waals surface area contributed by atoms with Gasteiger partial charge in [-0.25, -0.2) is 0 Å². The van der Waals surface area contributed by atoms with Crippen LogP contribution in [0.2, 0.25) is 0 Å². The first-order valence-corrected chi connectivity index (χ1v) is 6.08. The lowest BCUT2D eigenvalue weighted by Crippen LogP contribution is -2.12. The molecule has 1 N–H and O–H groups in total. The van der Waals surface area contributed by atoms with Crippen molar-refractivity contribution >= 4 is 0 Å². The maximum atomic E-state index is 5.50. The minimum absolute atomic E-state index is 0.749. The van der Waals surface area contributed by atoms with Crippen LogP contribution in [0.4, 0.5) is 0 Å². The van der Waals surface area contributed by atoms with Crippen molar-refractivity contribution in [2.45, 2.75) is 26.9 Å². The van der Waals surface area contributed by atoms with E-state index in [0.29, 0.717) is 0 Å². The molecule has 0 radical (unpaired) electrons. The number of benzene rings is 1. The minimum atomic E-state index is 0.749. The van der Waals surface area contributed by atoms with Crippen LogP contribution in [0.5, 0.6) is 5.75 Å².